The molecule has 5 rings (SSSR count). The molecule has 1 aliphatic carbocycles. The highest BCUT2D eigenvalue weighted by atomic mass is 16.5. The van der Waals surface area contributed by atoms with Gasteiger partial charge < -0.3 is 20.4 Å². The number of rotatable bonds is 4. The number of aromatic nitrogens is 1. The summed E-state index contributed by atoms with van der Waals surface area (Å²) in [5.74, 6) is -0.0985. The summed E-state index contributed by atoms with van der Waals surface area (Å²) in [5.41, 5.74) is 7.13. The van der Waals surface area contributed by atoms with Gasteiger partial charge in [0.15, 0.2) is 0 Å². The first-order valence-corrected chi connectivity index (χ1v) is 11.1. The van der Waals surface area contributed by atoms with Gasteiger partial charge in [0.05, 0.1) is 24.4 Å². The number of nitrogens with zero attached hydrogens (tertiary/aromatic N) is 1. The maximum Gasteiger partial charge on any atom is 0.256 e. The molecule has 1 aromatic carbocycles. The maximum atomic E-state index is 13.1. The summed E-state index contributed by atoms with van der Waals surface area (Å²) < 4.78 is 5.38. The van der Waals surface area contributed by atoms with Crippen LogP contribution in [-0.2, 0) is 16.0 Å². The number of hydrogen-bond donors (Lipinski definition) is 3. The average molecular weight is 421 g/mol. The van der Waals surface area contributed by atoms with Crippen LogP contribution in [0.4, 0.5) is 5.69 Å². The van der Waals surface area contributed by atoms with E-state index in [-0.39, 0.29) is 11.8 Å². The van der Waals surface area contributed by atoms with Gasteiger partial charge in [-0.3, -0.25) is 14.5 Å². The second-order valence-electron chi connectivity index (χ2n) is 8.40. The van der Waals surface area contributed by atoms with E-state index < -0.39 is 0 Å². The molecule has 0 atom stereocenters. The van der Waals surface area contributed by atoms with E-state index in [1.54, 1.807) is 0 Å². The normalized spacial score (nSPS) is 20.9. The lowest BCUT2D eigenvalue weighted by Crippen LogP contribution is -2.41. The van der Waals surface area contributed by atoms with E-state index in [1.165, 1.54) is 0 Å². The molecule has 3 aliphatic rings. The van der Waals surface area contributed by atoms with Gasteiger partial charge in [0.1, 0.15) is 0 Å². The van der Waals surface area contributed by atoms with Crippen LogP contribution in [0, 0.1) is 6.92 Å². The predicted octanol–water partition coefficient (Wildman–Crippen LogP) is 2.58. The summed E-state index contributed by atoms with van der Waals surface area (Å²) in [5, 5.41) is 6.07. The zero-order valence-corrected chi connectivity index (χ0v) is 17.8. The van der Waals surface area contributed by atoms with Crippen molar-refractivity contribution in [3.63, 3.8) is 0 Å². The van der Waals surface area contributed by atoms with E-state index in [9.17, 15) is 9.59 Å². The highest BCUT2D eigenvalue weighted by Crippen LogP contribution is 2.42. The van der Waals surface area contributed by atoms with Crippen molar-refractivity contribution in [2.45, 2.75) is 26.2 Å². The Bertz CT molecular complexity index is 1060. The van der Waals surface area contributed by atoms with Crippen molar-refractivity contribution in [3.05, 3.63) is 52.3 Å². The highest BCUT2D eigenvalue weighted by molar-refractivity contribution is 6.36. The van der Waals surface area contributed by atoms with E-state index >= 15 is 0 Å². The maximum absolute atomic E-state index is 13.1. The van der Waals surface area contributed by atoms with E-state index in [0.717, 1.165) is 97.0 Å². The van der Waals surface area contributed by atoms with Crippen LogP contribution >= 0.6 is 0 Å². The van der Waals surface area contributed by atoms with Crippen LogP contribution < -0.4 is 10.6 Å². The fourth-order valence-electron chi connectivity index (χ4n) is 4.97. The molecular weight excluding hydrogens is 392 g/mol. The SMILES string of the molecule is Cc1[nH]c2c(c1C(=O)NCCN1CCOCC1)CCC/C2=C1/C(=O)Nc2ccccc21. The third-order valence-corrected chi connectivity index (χ3v) is 6.46. The zero-order chi connectivity index (χ0) is 21.4. The Balaban J connectivity index is 1.41. The number of fused-ring (bicyclic) bond motifs is 2. The fraction of sp³-hybridized carbons (Fsp3) is 0.417. The molecule has 0 bridgehead atoms. The molecule has 1 aromatic heterocycles. The average Bonchev–Trinajstić information content (AvgIpc) is 3.29. The van der Waals surface area contributed by atoms with Gasteiger partial charge in [0.25, 0.3) is 11.8 Å². The van der Waals surface area contributed by atoms with Crippen LogP contribution in [0.25, 0.3) is 11.1 Å². The molecule has 162 valence electrons. The van der Waals surface area contributed by atoms with Gasteiger partial charge in [-0.25, -0.2) is 0 Å². The summed E-state index contributed by atoms with van der Waals surface area (Å²) in [6.07, 6.45) is 2.58. The van der Waals surface area contributed by atoms with Crippen molar-refractivity contribution in [2.75, 3.05) is 44.7 Å². The lowest BCUT2D eigenvalue weighted by Gasteiger charge is -2.26. The quantitative estimate of drug-likeness (QED) is 0.664. The first-order chi connectivity index (χ1) is 15.1. The molecule has 1 saturated heterocycles. The van der Waals surface area contributed by atoms with Crippen molar-refractivity contribution >= 4 is 28.6 Å². The molecule has 0 unspecified atom stereocenters. The third-order valence-electron chi connectivity index (χ3n) is 6.46. The van der Waals surface area contributed by atoms with Gasteiger partial charge in [-0.2, -0.15) is 0 Å². The molecule has 3 N–H and O–H groups in total. The molecule has 0 saturated carbocycles. The first kappa shape index (κ1) is 20.0. The van der Waals surface area contributed by atoms with Crippen molar-refractivity contribution in [1.82, 2.24) is 15.2 Å². The van der Waals surface area contributed by atoms with Gasteiger partial charge in [-0.1, -0.05) is 18.2 Å². The Morgan fingerprint density at radius 1 is 1.19 bits per heavy atom. The molecule has 2 aliphatic heterocycles. The van der Waals surface area contributed by atoms with E-state index in [4.69, 9.17) is 4.74 Å². The fourth-order valence-corrected chi connectivity index (χ4v) is 4.97. The smallest absolute Gasteiger partial charge is 0.256 e. The van der Waals surface area contributed by atoms with Crippen molar-refractivity contribution in [1.29, 1.82) is 0 Å². The topological polar surface area (TPSA) is 86.5 Å². The second kappa shape index (κ2) is 8.32. The summed E-state index contributed by atoms with van der Waals surface area (Å²) >= 11 is 0. The second-order valence-corrected chi connectivity index (χ2v) is 8.40. The third kappa shape index (κ3) is 3.68. The number of aromatic amines is 1. The molecule has 7 nitrogen and oxygen atoms in total. The van der Waals surface area contributed by atoms with Crippen LogP contribution in [0.5, 0.6) is 0 Å². The number of allylic oxidation sites excluding steroid dienone is 1. The molecule has 31 heavy (non-hydrogen) atoms. The molecule has 0 radical (unpaired) electrons. The van der Waals surface area contributed by atoms with Gasteiger partial charge in [0, 0.05) is 48.8 Å². The minimum Gasteiger partial charge on any atom is -0.379 e. The molecule has 7 heteroatoms. The summed E-state index contributed by atoms with van der Waals surface area (Å²) in [7, 11) is 0. The molecule has 1 fully saturated rings. The number of anilines is 1. The van der Waals surface area contributed by atoms with Crippen LogP contribution in [-0.4, -0.2) is 61.1 Å². The number of ether oxygens (including phenoxy) is 1. The number of benzene rings is 1. The van der Waals surface area contributed by atoms with E-state index in [0.29, 0.717) is 6.54 Å². The van der Waals surface area contributed by atoms with E-state index in [2.05, 4.69) is 20.5 Å². The van der Waals surface area contributed by atoms with E-state index in [1.807, 2.05) is 31.2 Å². The van der Waals surface area contributed by atoms with Gasteiger partial charge >= 0.3 is 0 Å². The molecule has 3 heterocycles. The zero-order valence-electron chi connectivity index (χ0n) is 17.8. The highest BCUT2D eigenvalue weighted by Gasteiger charge is 2.32. The lowest BCUT2D eigenvalue weighted by atomic mass is 9.86. The largest absolute Gasteiger partial charge is 0.379 e. The monoisotopic (exact) mass is 420 g/mol. The lowest BCUT2D eigenvalue weighted by molar-refractivity contribution is -0.110. The van der Waals surface area contributed by atoms with Crippen LogP contribution in [0.3, 0.4) is 0 Å². The summed E-state index contributed by atoms with van der Waals surface area (Å²) in [4.78, 5) is 31.6. The molecular formula is C24H28N4O3. The Kier molecular flexibility index (Phi) is 5.38. The number of hydrogen-bond acceptors (Lipinski definition) is 4. The van der Waals surface area contributed by atoms with Gasteiger partial charge in [0.2, 0.25) is 0 Å². The van der Waals surface area contributed by atoms with Gasteiger partial charge in [-0.05, 0) is 43.4 Å². The van der Waals surface area contributed by atoms with Crippen LogP contribution in [0.2, 0.25) is 0 Å². The Hall–Kier alpha value is -2.90. The Morgan fingerprint density at radius 2 is 2.00 bits per heavy atom. The summed E-state index contributed by atoms with van der Waals surface area (Å²) in [6, 6.07) is 7.80. The van der Waals surface area contributed by atoms with Crippen molar-refractivity contribution < 1.29 is 14.3 Å². The Labute approximate surface area is 181 Å². The molecule has 0 spiro atoms. The number of carbonyl (C=O) groups excluding carboxylic acids is 2. The number of nitrogens with one attached hydrogen (secondary N) is 3. The Morgan fingerprint density at radius 3 is 2.84 bits per heavy atom. The number of amides is 2. The molecule has 2 amide bonds. The van der Waals surface area contributed by atoms with Crippen LogP contribution in [0.1, 0.15) is 45.7 Å². The van der Waals surface area contributed by atoms with Gasteiger partial charge in [-0.15, -0.1) is 0 Å². The predicted molar refractivity (Wildman–Crippen MR) is 120 cm³/mol. The minimum absolute atomic E-state index is 0.0363. The number of para-hydroxylation sites is 1. The minimum atomic E-state index is -0.0622. The number of aryl methyl sites for hydroxylation is 1. The standard InChI is InChI=1S/C24H28N4O3/c1-15-20(23(29)25-9-10-28-11-13-31-14-12-28)17-6-4-7-18(22(17)26-15)21-16-5-2-3-8-19(16)27-24(21)30/h2-3,5,8,26H,4,6-7,9-14H2,1H3,(H,25,29)(H,27,30)/b21-18-. The first-order valence-electron chi connectivity index (χ1n) is 11.1. The number of morpholine rings is 1. The number of carbonyl (C=O) groups is 2. The van der Waals surface area contributed by atoms with Crippen LogP contribution in [0.15, 0.2) is 24.3 Å². The molecule has 2 aromatic rings. The van der Waals surface area contributed by atoms with Crippen molar-refractivity contribution in [2.24, 2.45) is 0 Å². The van der Waals surface area contributed by atoms with Crippen molar-refractivity contribution in [3.8, 4) is 0 Å². The number of H-pyrrole nitrogens is 1. The summed E-state index contributed by atoms with van der Waals surface area (Å²) in [6.45, 7) is 6.72.